The first-order valence-corrected chi connectivity index (χ1v) is 8.65. The van der Waals surface area contributed by atoms with Crippen LogP contribution in [-0.4, -0.2) is 24.8 Å². The Hall–Kier alpha value is -2.09. The lowest BCUT2D eigenvalue weighted by atomic mass is 10.2. The number of rotatable bonds is 4. The predicted octanol–water partition coefficient (Wildman–Crippen LogP) is 4.38. The van der Waals surface area contributed by atoms with Crippen molar-refractivity contribution in [2.45, 2.75) is 10.9 Å². The van der Waals surface area contributed by atoms with Gasteiger partial charge in [-0.3, -0.25) is 4.40 Å². The number of fused-ring (bicyclic) bond motifs is 1. The van der Waals surface area contributed by atoms with Crippen molar-refractivity contribution in [3.05, 3.63) is 58.5 Å². The SMILES string of the molecule is Clc1cc(Cl)c2nnc(SCc3nnc(-c4ccccc4)o3)n2c1. The summed E-state index contributed by atoms with van der Waals surface area (Å²) >= 11 is 13.5. The quantitative estimate of drug-likeness (QED) is 0.491. The van der Waals surface area contributed by atoms with E-state index in [9.17, 15) is 0 Å². The van der Waals surface area contributed by atoms with Crippen LogP contribution in [0.1, 0.15) is 5.89 Å². The Morgan fingerprint density at radius 1 is 1.04 bits per heavy atom. The molecule has 24 heavy (non-hydrogen) atoms. The minimum absolute atomic E-state index is 0.450. The van der Waals surface area contributed by atoms with Crippen molar-refractivity contribution >= 4 is 40.6 Å². The maximum atomic E-state index is 6.11. The highest BCUT2D eigenvalue weighted by molar-refractivity contribution is 7.98. The summed E-state index contributed by atoms with van der Waals surface area (Å²) in [4.78, 5) is 0. The van der Waals surface area contributed by atoms with Crippen LogP contribution in [0.3, 0.4) is 0 Å². The van der Waals surface area contributed by atoms with Gasteiger partial charge in [-0.15, -0.1) is 20.4 Å². The maximum absolute atomic E-state index is 6.11. The van der Waals surface area contributed by atoms with Crippen LogP contribution in [0.5, 0.6) is 0 Å². The van der Waals surface area contributed by atoms with E-state index in [-0.39, 0.29) is 0 Å². The first-order chi connectivity index (χ1) is 11.7. The van der Waals surface area contributed by atoms with E-state index in [4.69, 9.17) is 27.6 Å². The normalized spacial score (nSPS) is 11.2. The van der Waals surface area contributed by atoms with E-state index in [2.05, 4.69) is 20.4 Å². The van der Waals surface area contributed by atoms with Gasteiger partial charge in [-0.25, -0.2) is 0 Å². The Labute approximate surface area is 150 Å². The molecule has 6 nitrogen and oxygen atoms in total. The van der Waals surface area contributed by atoms with Gasteiger partial charge in [0.15, 0.2) is 10.8 Å². The summed E-state index contributed by atoms with van der Waals surface area (Å²) in [5.41, 5.74) is 1.44. The summed E-state index contributed by atoms with van der Waals surface area (Å²) in [6.45, 7) is 0. The Morgan fingerprint density at radius 3 is 2.71 bits per heavy atom. The van der Waals surface area contributed by atoms with Crippen molar-refractivity contribution in [1.29, 1.82) is 0 Å². The molecule has 0 saturated carbocycles. The molecular weight excluding hydrogens is 369 g/mol. The number of hydrogen-bond acceptors (Lipinski definition) is 6. The third-order valence-electron chi connectivity index (χ3n) is 3.21. The van der Waals surface area contributed by atoms with E-state index in [1.165, 1.54) is 11.8 Å². The smallest absolute Gasteiger partial charge is 0.247 e. The van der Waals surface area contributed by atoms with Gasteiger partial charge in [-0.1, -0.05) is 53.2 Å². The number of pyridine rings is 1. The summed E-state index contributed by atoms with van der Waals surface area (Å²) < 4.78 is 7.41. The zero-order chi connectivity index (χ0) is 16.5. The first kappa shape index (κ1) is 15.4. The van der Waals surface area contributed by atoms with Crippen LogP contribution >= 0.6 is 35.0 Å². The fourth-order valence-electron chi connectivity index (χ4n) is 2.14. The van der Waals surface area contributed by atoms with Gasteiger partial charge < -0.3 is 4.42 Å². The Morgan fingerprint density at radius 2 is 1.88 bits per heavy atom. The topological polar surface area (TPSA) is 69.1 Å². The summed E-state index contributed by atoms with van der Waals surface area (Å²) in [6.07, 6.45) is 1.72. The van der Waals surface area contributed by atoms with Crippen LogP contribution in [0.4, 0.5) is 0 Å². The average Bonchev–Trinajstić information content (AvgIpc) is 3.21. The predicted molar refractivity (Wildman–Crippen MR) is 92.3 cm³/mol. The minimum atomic E-state index is 0.450. The van der Waals surface area contributed by atoms with E-state index < -0.39 is 0 Å². The van der Waals surface area contributed by atoms with Gasteiger partial charge in [0.2, 0.25) is 11.8 Å². The lowest BCUT2D eigenvalue weighted by Crippen LogP contribution is -1.89. The Kier molecular flexibility index (Phi) is 4.13. The van der Waals surface area contributed by atoms with Gasteiger partial charge in [0.05, 0.1) is 15.8 Å². The summed E-state index contributed by atoms with van der Waals surface area (Å²) in [6, 6.07) is 11.2. The summed E-state index contributed by atoms with van der Waals surface area (Å²) in [5, 5.41) is 17.9. The fourth-order valence-corrected chi connectivity index (χ4v) is 3.39. The molecule has 0 spiro atoms. The van der Waals surface area contributed by atoms with Crippen LogP contribution < -0.4 is 0 Å². The van der Waals surface area contributed by atoms with E-state index in [0.717, 1.165) is 5.56 Å². The molecule has 0 unspecified atom stereocenters. The Bertz CT molecular complexity index is 1000. The standard InChI is InChI=1S/C15H9Cl2N5OS/c16-10-6-11(17)13-19-21-15(22(13)7-10)24-8-12-18-20-14(23-12)9-4-2-1-3-5-9/h1-7H,8H2. The molecule has 0 bridgehead atoms. The van der Waals surface area contributed by atoms with Gasteiger partial charge in [0.25, 0.3) is 0 Å². The van der Waals surface area contributed by atoms with Crippen molar-refractivity contribution in [3.8, 4) is 11.5 Å². The summed E-state index contributed by atoms with van der Waals surface area (Å²) in [5.74, 6) is 1.46. The zero-order valence-electron chi connectivity index (χ0n) is 12.1. The monoisotopic (exact) mass is 377 g/mol. The van der Waals surface area contributed by atoms with Gasteiger partial charge in [-0.05, 0) is 18.2 Å². The van der Waals surface area contributed by atoms with Crippen LogP contribution in [0.25, 0.3) is 17.1 Å². The lowest BCUT2D eigenvalue weighted by molar-refractivity contribution is 0.528. The highest BCUT2D eigenvalue weighted by atomic mass is 35.5. The molecule has 3 heterocycles. The lowest BCUT2D eigenvalue weighted by Gasteiger charge is -2.00. The molecule has 0 aliphatic carbocycles. The van der Waals surface area contributed by atoms with Crippen molar-refractivity contribution in [2.24, 2.45) is 0 Å². The van der Waals surface area contributed by atoms with Gasteiger partial charge in [0.1, 0.15) is 0 Å². The molecule has 4 rings (SSSR count). The number of benzene rings is 1. The van der Waals surface area contributed by atoms with Crippen LogP contribution in [0.15, 0.2) is 52.2 Å². The molecule has 9 heteroatoms. The van der Waals surface area contributed by atoms with E-state index in [1.54, 1.807) is 16.7 Å². The van der Waals surface area contributed by atoms with Gasteiger partial charge in [0, 0.05) is 11.8 Å². The molecule has 0 N–H and O–H groups in total. The second kappa shape index (κ2) is 6.43. The third-order valence-corrected chi connectivity index (χ3v) is 4.62. The van der Waals surface area contributed by atoms with Gasteiger partial charge >= 0.3 is 0 Å². The molecule has 0 saturated heterocycles. The molecule has 120 valence electrons. The number of aromatic nitrogens is 5. The highest BCUT2D eigenvalue weighted by Crippen LogP contribution is 2.27. The number of thioether (sulfide) groups is 1. The molecule has 4 aromatic rings. The zero-order valence-corrected chi connectivity index (χ0v) is 14.4. The van der Waals surface area contributed by atoms with E-state index in [0.29, 0.717) is 38.4 Å². The largest absolute Gasteiger partial charge is 0.420 e. The molecule has 1 aromatic carbocycles. The molecule has 3 aromatic heterocycles. The van der Waals surface area contributed by atoms with E-state index in [1.807, 2.05) is 30.3 Å². The molecule has 0 fully saturated rings. The van der Waals surface area contributed by atoms with Crippen LogP contribution in [0, 0.1) is 0 Å². The number of halogens is 2. The third kappa shape index (κ3) is 2.98. The van der Waals surface area contributed by atoms with Crippen molar-refractivity contribution in [1.82, 2.24) is 24.8 Å². The second-order valence-corrected chi connectivity index (χ2v) is 6.62. The van der Waals surface area contributed by atoms with Crippen molar-refractivity contribution < 1.29 is 4.42 Å². The van der Waals surface area contributed by atoms with Crippen molar-refractivity contribution in [3.63, 3.8) is 0 Å². The van der Waals surface area contributed by atoms with Gasteiger partial charge in [-0.2, -0.15) is 0 Å². The molecular formula is C15H9Cl2N5OS. The van der Waals surface area contributed by atoms with Crippen molar-refractivity contribution in [2.75, 3.05) is 0 Å². The number of hydrogen-bond donors (Lipinski definition) is 0. The maximum Gasteiger partial charge on any atom is 0.247 e. The molecule has 0 amide bonds. The fraction of sp³-hybridized carbons (Fsp3) is 0.0667. The number of nitrogens with zero attached hydrogens (tertiary/aromatic N) is 5. The average molecular weight is 378 g/mol. The molecule has 0 aliphatic rings. The van der Waals surface area contributed by atoms with E-state index >= 15 is 0 Å². The molecule has 0 radical (unpaired) electrons. The van der Waals surface area contributed by atoms with Crippen LogP contribution in [-0.2, 0) is 5.75 Å². The first-order valence-electron chi connectivity index (χ1n) is 6.91. The molecule has 0 aliphatic heterocycles. The second-order valence-electron chi connectivity index (χ2n) is 4.84. The summed E-state index contributed by atoms with van der Waals surface area (Å²) in [7, 11) is 0. The minimum Gasteiger partial charge on any atom is -0.420 e. The Balaban J connectivity index is 1.55. The van der Waals surface area contributed by atoms with Crippen LogP contribution in [0.2, 0.25) is 10.0 Å². The molecule has 0 atom stereocenters. The highest BCUT2D eigenvalue weighted by Gasteiger charge is 2.13.